The molecule has 0 aromatic rings. The second-order valence-corrected chi connectivity index (χ2v) is 9.37. The summed E-state index contributed by atoms with van der Waals surface area (Å²) in [6, 6.07) is 0.659. The Bertz CT molecular complexity index is 446. The van der Waals surface area contributed by atoms with E-state index in [2.05, 4.69) is 9.80 Å². The second-order valence-electron chi connectivity index (χ2n) is 7.07. The van der Waals surface area contributed by atoms with Crippen molar-refractivity contribution in [1.82, 2.24) is 9.80 Å². The van der Waals surface area contributed by atoms with E-state index in [4.69, 9.17) is 5.73 Å². The highest BCUT2D eigenvalue weighted by atomic mass is 32.2. The molecule has 21 heavy (non-hydrogen) atoms. The topological polar surface area (TPSA) is 66.6 Å². The van der Waals surface area contributed by atoms with Crippen LogP contribution in [0.5, 0.6) is 0 Å². The van der Waals surface area contributed by atoms with E-state index in [0.29, 0.717) is 24.1 Å². The predicted octanol–water partition coefficient (Wildman–Crippen LogP) is 0.453. The van der Waals surface area contributed by atoms with Gasteiger partial charge >= 0.3 is 0 Å². The van der Waals surface area contributed by atoms with Crippen LogP contribution >= 0.6 is 0 Å². The number of likely N-dealkylation sites (tertiary alicyclic amines) is 2. The maximum Gasteiger partial charge on any atom is 0.150 e. The molecule has 122 valence electrons. The third-order valence-corrected chi connectivity index (χ3v) is 7.53. The maximum atomic E-state index is 11.7. The second kappa shape index (κ2) is 6.14. The predicted molar refractivity (Wildman–Crippen MR) is 85.1 cm³/mol. The zero-order valence-electron chi connectivity index (χ0n) is 13.0. The van der Waals surface area contributed by atoms with Crippen LogP contribution in [0.15, 0.2) is 0 Å². The largest absolute Gasteiger partial charge is 0.329 e. The average Bonchev–Trinajstić information content (AvgIpc) is 2.99. The minimum Gasteiger partial charge on any atom is -0.329 e. The first-order valence-electron chi connectivity index (χ1n) is 8.44. The molecule has 5 nitrogen and oxygen atoms in total. The molecule has 3 fully saturated rings. The van der Waals surface area contributed by atoms with Gasteiger partial charge in [-0.05, 0) is 45.2 Å². The molecule has 0 aromatic heterocycles. The first-order chi connectivity index (χ1) is 10.0. The molecule has 0 saturated carbocycles. The molecule has 0 spiro atoms. The van der Waals surface area contributed by atoms with Crippen molar-refractivity contribution in [3.05, 3.63) is 0 Å². The van der Waals surface area contributed by atoms with Gasteiger partial charge in [0, 0.05) is 31.2 Å². The minimum absolute atomic E-state index is 0.0597. The maximum absolute atomic E-state index is 11.7. The Hall–Kier alpha value is -0.170. The van der Waals surface area contributed by atoms with E-state index >= 15 is 0 Å². The van der Waals surface area contributed by atoms with E-state index in [-0.39, 0.29) is 5.54 Å². The van der Waals surface area contributed by atoms with Gasteiger partial charge in [-0.1, -0.05) is 6.42 Å². The molecule has 3 rings (SSSR count). The number of rotatable bonds is 3. The molecular weight excluding hydrogens is 286 g/mol. The summed E-state index contributed by atoms with van der Waals surface area (Å²) in [5, 5.41) is 0. The molecule has 0 aromatic carbocycles. The van der Waals surface area contributed by atoms with Crippen LogP contribution in [-0.4, -0.2) is 74.0 Å². The van der Waals surface area contributed by atoms with Gasteiger partial charge in [0.15, 0.2) is 0 Å². The molecule has 1 atom stereocenters. The first-order valence-corrected chi connectivity index (χ1v) is 10.3. The van der Waals surface area contributed by atoms with E-state index in [9.17, 15) is 8.42 Å². The van der Waals surface area contributed by atoms with Crippen molar-refractivity contribution in [3.63, 3.8) is 0 Å². The smallest absolute Gasteiger partial charge is 0.150 e. The molecule has 2 N–H and O–H groups in total. The molecule has 3 saturated heterocycles. The van der Waals surface area contributed by atoms with Crippen molar-refractivity contribution in [1.29, 1.82) is 0 Å². The molecular formula is C15H29N3O2S. The van der Waals surface area contributed by atoms with Crippen molar-refractivity contribution in [2.45, 2.75) is 50.1 Å². The van der Waals surface area contributed by atoms with Crippen LogP contribution in [0.3, 0.4) is 0 Å². The third kappa shape index (κ3) is 3.28. The van der Waals surface area contributed by atoms with Gasteiger partial charge in [0.05, 0.1) is 11.5 Å². The van der Waals surface area contributed by atoms with Gasteiger partial charge < -0.3 is 5.73 Å². The van der Waals surface area contributed by atoms with Crippen LogP contribution in [-0.2, 0) is 9.84 Å². The fraction of sp³-hybridized carbons (Fsp3) is 1.00. The Labute approximate surface area is 128 Å². The zero-order chi connectivity index (χ0) is 14.9. The highest BCUT2D eigenvalue weighted by Crippen LogP contribution is 2.33. The summed E-state index contributed by atoms with van der Waals surface area (Å²) in [5.41, 5.74) is 6.02. The lowest BCUT2D eigenvalue weighted by atomic mass is 9.90. The normalized spacial score (nSPS) is 34.0. The van der Waals surface area contributed by atoms with Gasteiger partial charge in [0.25, 0.3) is 0 Å². The number of piperidine rings is 1. The Kier molecular flexibility index (Phi) is 4.60. The van der Waals surface area contributed by atoms with Crippen molar-refractivity contribution in [3.8, 4) is 0 Å². The average molecular weight is 315 g/mol. The van der Waals surface area contributed by atoms with Crippen molar-refractivity contribution in [2.75, 3.05) is 44.2 Å². The monoisotopic (exact) mass is 315 g/mol. The van der Waals surface area contributed by atoms with E-state index in [0.717, 1.165) is 25.9 Å². The molecule has 0 amide bonds. The minimum atomic E-state index is -2.82. The molecule has 1 unspecified atom stereocenters. The zero-order valence-corrected chi connectivity index (χ0v) is 13.8. The van der Waals surface area contributed by atoms with Crippen LogP contribution < -0.4 is 5.73 Å². The summed E-state index contributed by atoms with van der Waals surface area (Å²) in [5.74, 6) is 0.629. The van der Waals surface area contributed by atoms with Crippen LogP contribution in [0.4, 0.5) is 0 Å². The molecule has 3 heterocycles. The van der Waals surface area contributed by atoms with Gasteiger partial charge in [-0.15, -0.1) is 0 Å². The number of sulfone groups is 1. The number of nitrogens with two attached hydrogens (primary N) is 1. The summed E-state index contributed by atoms with van der Waals surface area (Å²) in [6.45, 7) is 5.23. The van der Waals surface area contributed by atoms with E-state index < -0.39 is 9.84 Å². The van der Waals surface area contributed by atoms with Crippen LogP contribution in [0.2, 0.25) is 0 Å². The molecule has 0 aliphatic carbocycles. The fourth-order valence-electron chi connectivity index (χ4n) is 4.32. The summed E-state index contributed by atoms with van der Waals surface area (Å²) < 4.78 is 23.4. The van der Waals surface area contributed by atoms with Gasteiger partial charge in [0.2, 0.25) is 0 Å². The quantitative estimate of drug-likeness (QED) is 0.819. The highest BCUT2D eigenvalue weighted by Gasteiger charge is 2.44. The first kappa shape index (κ1) is 15.7. The van der Waals surface area contributed by atoms with Gasteiger partial charge in [-0.25, -0.2) is 8.42 Å². The number of nitrogens with zero attached hydrogens (tertiary/aromatic N) is 2. The molecule has 3 aliphatic heterocycles. The van der Waals surface area contributed by atoms with Crippen LogP contribution in [0.1, 0.15) is 38.5 Å². The fourth-order valence-corrected chi connectivity index (χ4v) is 5.91. The Balaban J connectivity index is 1.63. The van der Waals surface area contributed by atoms with Crippen molar-refractivity contribution >= 4 is 9.84 Å². The highest BCUT2D eigenvalue weighted by molar-refractivity contribution is 7.91. The van der Waals surface area contributed by atoms with E-state index in [1.54, 1.807) is 0 Å². The molecule has 3 aliphatic rings. The SMILES string of the molecule is NCC1(N2CCC(N3CCCCC3)C2)CCS(=O)(=O)CC1. The van der Waals surface area contributed by atoms with E-state index in [1.165, 1.54) is 38.8 Å². The lowest BCUT2D eigenvalue weighted by Gasteiger charge is -2.44. The van der Waals surface area contributed by atoms with E-state index in [1.807, 2.05) is 0 Å². The molecule has 0 bridgehead atoms. The lowest BCUT2D eigenvalue weighted by molar-refractivity contribution is 0.0917. The van der Waals surface area contributed by atoms with Crippen molar-refractivity contribution in [2.24, 2.45) is 5.73 Å². The Morgan fingerprint density at radius 1 is 1.05 bits per heavy atom. The summed E-state index contributed by atoms with van der Waals surface area (Å²) in [6.07, 6.45) is 6.69. The summed E-state index contributed by atoms with van der Waals surface area (Å²) >= 11 is 0. The molecule has 0 radical (unpaired) electrons. The van der Waals surface area contributed by atoms with Crippen molar-refractivity contribution < 1.29 is 8.42 Å². The van der Waals surface area contributed by atoms with Crippen LogP contribution in [0, 0.1) is 0 Å². The summed E-state index contributed by atoms with van der Waals surface area (Å²) in [7, 11) is -2.82. The number of hydrogen-bond acceptors (Lipinski definition) is 5. The third-order valence-electron chi connectivity index (χ3n) is 5.88. The lowest BCUT2D eigenvalue weighted by Crippen LogP contribution is -2.57. The van der Waals surface area contributed by atoms with Gasteiger partial charge in [-0.3, -0.25) is 9.80 Å². The Morgan fingerprint density at radius 2 is 1.71 bits per heavy atom. The van der Waals surface area contributed by atoms with Gasteiger partial charge in [-0.2, -0.15) is 0 Å². The summed E-state index contributed by atoms with van der Waals surface area (Å²) in [4.78, 5) is 5.16. The Morgan fingerprint density at radius 3 is 2.33 bits per heavy atom. The number of hydrogen-bond donors (Lipinski definition) is 1. The standard InChI is InChI=1S/C15H29N3O2S/c16-13-15(5-10-21(19,20)11-6-15)18-9-4-14(12-18)17-7-2-1-3-8-17/h14H,1-13,16H2. The van der Waals surface area contributed by atoms with Gasteiger partial charge in [0.1, 0.15) is 9.84 Å². The van der Waals surface area contributed by atoms with Crippen LogP contribution in [0.25, 0.3) is 0 Å². The molecule has 6 heteroatoms.